The lowest BCUT2D eigenvalue weighted by Crippen LogP contribution is -2.46. The second-order valence-electron chi connectivity index (χ2n) is 8.30. The highest BCUT2D eigenvalue weighted by Crippen LogP contribution is 2.50. The minimum Gasteiger partial charge on any atom is -0.489 e. The molecule has 29 heavy (non-hydrogen) atoms. The lowest BCUT2D eigenvalue weighted by molar-refractivity contribution is -0.138. The van der Waals surface area contributed by atoms with Crippen LogP contribution < -0.4 is 4.74 Å². The molecular formula is C22H28BNO5. The van der Waals surface area contributed by atoms with E-state index in [2.05, 4.69) is 6.92 Å². The summed E-state index contributed by atoms with van der Waals surface area (Å²) in [5.41, 5.74) is 2.13. The number of imide groups is 1. The van der Waals surface area contributed by atoms with Crippen LogP contribution >= 0.6 is 0 Å². The van der Waals surface area contributed by atoms with Crippen molar-refractivity contribution in [1.29, 1.82) is 0 Å². The number of hydrogen-bond donors (Lipinski definition) is 1. The number of carbonyl (C=O) groups excluding carboxylic acids is 2. The molecular weight excluding hydrogens is 369 g/mol. The summed E-state index contributed by atoms with van der Waals surface area (Å²) in [6.45, 7) is 2.49. The normalized spacial score (nSPS) is 29.2. The lowest BCUT2D eigenvalue weighted by Gasteiger charge is -2.43. The molecule has 2 fully saturated rings. The van der Waals surface area contributed by atoms with Crippen LogP contribution in [-0.4, -0.2) is 48.6 Å². The minimum absolute atomic E-state index is 0.123. The average Bonchev–Trinajstić information content (AvgIpc) is 2.94. The van der Waals surface area contributed by atoms with E-state index in [0.29, 0.717) is 19.3 Å². The smallest absolute Gasteiger partial charge is 0.455 e. The van der Waals surface area contributed by atoms with Crippen LogP contribution in [0, 0.1) is 17.8 Å². The average molecular weight is 397 g/mol. The molecule has 2 amide bonds. The van der Waals surface area contributed by atoms with E-state index in [1.807, 2.05) is 30.3 Å². The molecule has 3 aliphatic rings. The van der Waals surface area contributed by atoms with E-state index in [1.54, 1.807) is 7.05 Å². The van der Waals surface area contributed by atoms with Crippen LogP contribution in [0.5, 0.6) is 5.75 Å². The van der Waals surface area contributed by atoms with Gasteiger partial charge in [-0.05, 0) is 48.4 Å². The first kappa shape index (κ1) is 20.2. The molecule has 4 atom stereocenters. The van der Waals surface area contributed by atoms with Crippen molar-refractivity contribution in [2.24, 2.45) is 17.8 Å². The van der Waals surface area contributed by atoms with Gasteiger partial charge in [-0.25, -0.2) is 0 Å². The molecule has 7 heteroatoms. The second-order valence-corrected chi connectivity index (χ2v) is 8.30. The molecule has 154 valence electrons. The van der Waals surface area contributed by atoms with Gasteiger partial charge in [-0.2, -0.15) is 0 Å². The van der Waals surface area contributed by atoms with Crippen molar-refractivity contribution >= 4 is 18.9 Å². The number of ether oxygens (including phenoxy) is 1. The summed E-state index contributed by atoms with van der Waals surface area (Å²) in [4.78, 5) is 26.8. The first-order valence-electron chi connectivity index (χ1n) is 10.6. The summed E-state index contributed by atoms with van der Waals surface area (Å²) >= 11 is 0. The largest absolute Gasteiger partial charge is 0.489 e. The van der Waals surface area contributed by atoms with E-state index in [9.17, 15) is 14.6 Å². The predicted molar refractivity (Wildman–Crippen MR) is 109 cm³/mol. The molecule has 0 saturated carbocycles. The van der Waals surface area contributed by atoms with Crippen LogP contribution in [0.3, 0.4) is 0 Å². The van der Waals surface area contributed by atoms with Gasteiger partial charge in [0.15, 0.2) is 0 Å². The number of nitrogens with zero attached hydrogens (tertiary/aromatic N) is 1. The first-order chi connectivity index (χ1) is 14.0. The Kier molecular flexibility index (Phi) is 5.79. The van der Waals surface area contributed by atoms with E-state index in [-0.39, 0.29) is 29.8 Å². The number of unbranched alkanes of at least 4 members (excludes halogenated alkanes) is 1. The van der Waals surface area contributed by atoms with E-state index in [4.69, 9.17) is 9.39 Å². The number of para-hydroxylation sites is 1. The van der Waals surface area contributed by atoms with Crippen LogP contribution in [0.15, 0.2) is 41.5 Å². The summed E-state index contributed by atoms with van der Waals surface area (Å²) < 4.78 is 11.9. The zero-order valence-electron chi connectivity index (χ0n) is 17.0. The number of fused-ring (bicyclic) bond motifs is 3. The Hall–Kier alpha value is -2.12. The van der Waals surface area contributed by atoms with Gasteiger partial charge >= 0.3 is 7.12 Å². The fourth-order valence-corrected chi connectivity index (χ4v) is 5.13. The van der Waals surface area contributed by atoms with Crippen LogP contribution in [0.4, 0.5) is 0 Å². The Bertz CT molecular complexity index is 811. The molecule has 4 rings (SSSR count). The molecule has 1 N–H and O–H groups in total. The van der Waals surface area contributed by atoms with Crippen molar-refractivity contribution in [1.82, 2.24) is 4.90 Å². The third kappa shape index (κ3) is 3.73. The third-order valence-corrected chi connectivity index (χ3v) is 6.50. The van der Waals surface area contributed by atoms with Crippen LogP contribution in [0.2, 0.25) is 6.32 Å². The zero-order valence-corrected chi connectivity index (χ0v) is 17.0. The van der Waals surface area contributed by atoms with Crippen LogP contribution in [-0.2, 0) is 14.2 Å². The molecule has 0 spiro atoms. The fourth-order valence-electron chi connectivity index (χ4n) is 5.13. The minimum atomic E-state index is -0.908. The monoisotopic (exact) mass is 397 g/mol. The van der Waals surface area contributed by atoms with Gasteiger partial charge in [0.2, 0.25) is 11.8 Å². The van der Waals surface area contributed by atoms with Crippen molar-refractivity contribution in [3.63, 3.8) is 0 Å². The molecule has 0 aromatic heterocycles. The van der Waals surface area contributed by atoms with E-state index in [0.717, 1.165) is 36.2 Å². The Morgan fingerprint density at radius 2 is 1.97 bits per heavy atom. The highest BCUT2D eigenvalue weighted by molar-refractivity contribution is 6.43. The van der Waals surface area contributed by atoms with E-state index < -0.39 is 13.0 Å². The third-order valence-electron chi connectivity index (χ3n) is 6.50. The maximum Gasteiger partial charge on any atom is 0.455 e. The van der Waals surface area contributed by atoms with Crippen molar-refractivity contribution in [2.75, 3.05) is 13.7 Å². The fraction of sp³-hybridized carbons (Fsp3) is 0.545. The number of hydrogen-bond acceptors (Lipinski definition) is 5. The van der Waals surface area contributed by atoms with Gasteiger partial charge in [-0.1, -0.05) is 38.0 Å². The number of amides is 2. The molecule has 1 aliphatic carbocycles. The van der Waals surface area contributed by atoms with E-state index in [1.165, 1.54) is 4.90 Å². The molecule has 2 aliphatic heterocycles. The molecule has 2 saturated heterocycles. The van der Waals surface area contributed by atoms with Crippen molar-refractivity contribution in [3.8, 4) is 5.75 Å². The van der Waals surface area contributed by atoms with Gasteiger partial charge in [0.1, 0.15) is 12.4 Å². The Balaban J connectivity index is 1.69. The molecule has 6 nitrogen and oxygen atoms in total. The van der Waals surface area contributed by atoms with Gasteiger partial charge in [-0.15, -0.1) is 0 Å². The highest BCUT2D eigenvalue weighted by Gasteiger charge is 2.56. The van der Waals surface area contributed by atoms with Crippen molar-refractivity contribution < 1.29 is 24.0 Å². The number of likely N-dealkylation sites (tertiary alicyclic amines) is 1. The second kappa shape index (κ2) is 8.32. The number of rotatable bonds is 6. The molecule has 1 aromatic rings. The SMILES string of the molecule is CCCC[C@H]1OB(O)C[C@H]2C1=C(COc1ccccc1)C[C@H]1C(=O)N(C)C(=O)[C@H]12. The topological polar surface area (TPSA) is 76.1 Å². The highest BCUT2D eigenvalue weighted by atomic mass is 16.5. The van der Waals surface area contributed by atoms with Crippen molar-refractivity contribution in [3.05, 3.63) is 41.5 Å². The van der Waals surface area contributed by atoms with Crippen molar-refractivity contribution in [2.45, 2.75) is 45.0 Å². The Morgan fingerprint density at radius 3 is 2.69 bits per heavy atom. The maximum atomic E-state index is 12.8. The summed E-state index contributed by atoms with van der Waals surface area (Å²) in [6.07, 6.45) is 3.43. The molecule has 1 aromatic carbocycles. The van der Waals surface area contributed by atoms with E-state index >= 15 is 0 Å². The Morgan fingerprint density at radius 1 is 1.21 bits per heavy atom. The standard InChI is InChI=1S/C22H28BNO5/c1-3-4-10-18-19-14(13-28-15-8-6-5-7-9-15)11-16-20(17(19)12-23(27)29-18)22(26)24(2)21(16)25/h5-9,16-18,20,27H,3-4,10-13H2,1-2H3/t16-,17+,18-,20-/m1/s1. The lowest BCUT2D eigenvalue weighted by atomic mass is 9.58. The predicted octanol–water partition coefficient (Wildman–Crippen LogP) is 2.68. The van der Waals surface area contributed by atoms with Crippen LogP contribution in [0.1, 0.15) is 32.6 Å². The quantitative estimate of drug-likeness (QED) is 0.454. The van der Waals surface area contributed by atoms with Gasteiger partial charge < -0.3 is 14.4 Å². The summed E-state index contributed by atoms with van der Waals surface area (Å²) in [7, 11) is 0.655. The van der Waals surface area contributed by atoms with Gasteiger partial charge in [0.25, 0.3) is 0 Å². The molecule has 2 heterocycles. The van der Waals surface area contributed by atoms with Gasteiger partial charge in [-0.3, -0.25) is 14.5 Å². The summed E-state index contributed by atoms with van der Waals surface area (Å²) in [5.74, 6) is -0.420. The first-order valence-corrected chi connectivity index (χ1v) is 10.6. The number of benzene rings is 1. The van der Waals surface area contributed by atoms with Gasteiger partial charge in [0, 0.05) is 7.05 Å². The zero-order chi connectivity index (χ0) is 20.5. The molecule has 0 unspecified atom stereocenters. The van der Waals surface area contributed by atoms with Crippen LogP contribution in [0.25, 0.3) is 0 Å². The maximum absolute atomic E-state index is 12.8. The summed E-state index contributed by atoms with van der Waals surface area (Å²) in [6, 6.07) is 9.59. The molecule has 0 bridgehead atoms. The number of carbonyl (C=O) groups is 2. The molecule has 0 radical (unpaired) electrons. The van der Waals surface area contributed by atoms with Gasteiger partial charge in [0.05, 0.1) is 17.9 Å². The summed E-state index contributed by atoms with van der Waals surface area (Å²) in [5, 5.41) is 10.4. The Labute approximate surface area is 172 Å².